The lowest BCUT2D eigenvalue weighted by Gasteiger charge is -2.47. The van der Waals surface area contributed by atoms with Gasteiger partial charge in [-0.2, -0.15) is 5.26 Å². The molecule has 1 heterocycles. The zero-order chi connectivity index (χ0) is 22.1. The van der Waals surface area contributed by atoms with Gasteiger partial charge in [-0.3, -0.25) is 9.59 Å². The summed E-state index contributed by atoms with van der Waals surface area (Å²) in [6, 6.07) is 13.4. The van der Waals surface area contributed by atoms with Crippen molar-refractivity contribution in [1.82, 2.24) is 9.80 Å². The Kier molecular flexibility index (Phi) is 5.75. The number of halogens is 1. The molecule has 0 aliphatic carbocycles. The molecule has 30 heavy (non-hydrogen) atoms. The van der Waals surface area contributed by atoms with E-state index in [-0.39, 0.29) is 29.7 Å². The first kappa shape index (κ1) is 21.3. The van der Waals surface area contributed by atoms with Crippen LogP contribution in [0.5, 0.6) is 0 Å². The summed E-state index contributed by atoms with van der Waals surface area (Å²) < 4.78 is 13.3. The summed E-state index contributed by atoms with van der Waals surface area (Å²) in [6.07, 6.45) is 2.31. The summed E-state index contributed by atoms with van der Waals surface area (Å²) in [6.45, 7) is 3.72. The Morgan fingerprint density at radius 1 is 1.13 bits per heavy atom. The molecule has 3 rings (SSSR count). The van der Waals surface area contributed by atoms with Gasteiger partial charge in [-0.1, -0.05) is 31.2 Å². The SMILES string of the molecule is CCC1(Cc2ccc(F)cc2)C(=O)N(C)C(=Cc2c(C)cccc2C#N)C(=O)N1C. The normalized spacial score (nSPS) is 20.6. The third-order valence-corrected chi connectivity index (χ3v) is 5.95. The fourth-order valence-electron chi connectivity index (χ4n) is 3.99. The van der Waals surface area contributed by atoms with Crippen molar-refractivity contribution in [2.24, 2.45) is 0 Å². The molecule has 5 nitrogen and oxygen atoms in total. The van der Waals surface area contributed by atoms with Crippen LogP contribution >= 0.6 is 0 Å². The van der Waals surface area contributed by atoms with Gasteiger partial charge >= 0.3 is 0 Å². The molecule has 2 aromatic carbocycles. The molecule has 0 aromatic heterocycles. The molecule has 0 saturated carbocycles. The van der Waals surface area contributed by atoms with Crippen molar-refractivity contribution >= 4 is 17.9 Å². The number of rotatable bonds is 4. The van der Waals surface area contributed by atoms with Crippen LogP contribution in [0.1, 0.15) is 35.6 Å². The molecule has 2 amide bonds. The summed E-state index contributed by atoms with van der Waals surface area (Å²) in [5.74, 6) is -0.861. The number of nitriles is 1. The Labute approximate surface area is 176 Å². The Balaban J connectivity index is 2.06. The molecular weight excluding hydrogens is 381 g/mol. The van der Waals surface area contributed by atoms with E-state index in [0.717, 1.165) is 11.1 Å². The van der Waals surface area contributed by atoms with Crippen LogP contribution in [-0.4, -0.2) is 41.2 Å². The minimum atomic E-state index is -1.06. The van der Waals surface area contributed by atoms with Gasteiger partial charge < -0.3 is 9.80 Å². The number of carbonyl (C=O) groups is 2. The average Bonchev–Trinajstić information content (AvgIpc) is 2.75. The standard InChI is InChI=1S/C24H24FN3O2/c1-5-24(14-17-9-11-19(25)12-10-17)23(30)27(3)21(22(29)28(24)4)13-20-16(2)7-6-8-18(20)15-26/h6-13H,5,14H2,1-4H3. The van der Waals surface area contributed by atoms with Crippen LogP contribution in [0.25, 0.3) is 6.08 Å². The van der Waals surface area contributed by atoms with Gasteiger partial charge in [-0.15, -0.1) is 0 Å². The molecular formula is C24H24FN3O2. The highest BCUT2D eigenvalue weighted by Crippen LogP contribution is 2.34. The van der Waals surface area contributed by atoms with E-state index < -0.39 is 5.54 Å². The predicted molar refractivity (Wildman–Crippen MR) is 113 cm³/mol. The van der Waals surface area contributed by atoms with Crippen molar-refractivity contribution in [3.63, 3.8) is 0 Å². The van der Waals surface area contributed by atoms with E-state index in [9.17, 15) is 19.2 Å². The lowest BCUT2D eigenvalue weighted by molar-refractivity contribution is -0.157. The minimum absolute atomic E-state index is 0.213. The molecule has 1 aliphatic heterocycles. The zero-order valence-electron chi connectivity index (χ0n) is 17.6. The van der Waals surface area contributed by atoms with Gasteiger partial charge in [0, 0.05) is 20.5 Å². The number of benzene rings is 2. The van der Waals surface area contributed by atoms with Gasteiger partial charge in [-0.05, 0) is 54.3 Å². The molecule has 0 spiro atoms. The summed E-state index contributed by atoms with van der Waals surface area (Å²) in [4.78, 5) is 29.7. The lowest BCUT2D eigenvalue weighted by Crippen LogP contribution is -2.65. The van der Waals surface area contributed by atoms with Crippen LogP contribution in [0.15, 0.2) is 48.2 Å². The first-order valence-corrected chi connectivity index (χ1v) is 9.77. The fourth-order valence-corrected chi connectivity index (χ4v) is 3.99. The molecule has 0 N–H and O–H groups in total. The van der Waals surface area contributed by atoms with Crippen LogP contribution in [-0.2, 0) is 16.0 Å². The molecule has 0 bridgehead atoms. The van der Waals surface area contributed by atoms with Gasteiger partial charge in [0.15, 0.2) is 0 Å². The first-order chi connectivity index (χ1) is 14.2. The summed E-state index contributed by atoms with van der Waals surface area (Å²) in [5, 5.41) is 9.43. The molecule has 1 unspecified atom stereocenters. The van der Waals surface area contributed by atoms with E-state index in [0.29, 0.717) is 17.5 Å². The van der Waals surface area contributed by atoms with E-state index in [1.165, 1.54) is 21.9 Å². The van der Waals surface area contributed by atoms with Crippen LogP contribution < -0.4 is 0 Å². The largest absolute Gasteiger partial charge is 0.325 e. The van der Waals surface area contributed by atoms with Gasteiger partial charge in [0.1, 0.15) is 17.1 Å². The van der Waals surface area contributed by atoms with Crippen molar-refractivity contribution in [2.45, 2.75) is 32.2 Å². The summed E-state index contributed by atoms with van der Waals surface area (Å²) in [5.41, 5.74) is 1.84. The van der Waals surface area contributed by atoms with E-state index in [2.05, 4.69) is 6.07 Å². The smallest absolute Gasteiger partial charge is 0.271 e. The maximum atomic E-state index is 13.5. The highest BCUT2D eigenvalue weighted by Gasteiger charge is 2.50. The number of amides is 2. The second-order valence-corrected chi connectivity index (χ2v) is 7.59. The van der Waals surface area contributed by atoms with Gasteiger partial charge in [0.2, 0.25) is 0 Å². The topological polar surface area (TPSA) is 64.4 Å². The molecule has 2 aromatic rings. The van der Waals surface area contributed by atoms with Crippen molar-refractivity contribution in [3.05, 3.63) is 76.2 Å². The maximum absolute atomic E-state index is 13.5. The van der Waals surface area contributed by atoms with Crippen LogP contribution in [0.4, 0.5) is 4.39 Å². The molecule has 6 heteroatoms. The Morgan fingerprint density at radius 3 is 2.40 bits per heavy atom. The summed E-state index contributed by atoms with van der Waals surface area (Å²) >= 11 is 0. The van der Waals surface area contributed by atoms with E-state index in [4.69, 9.17) is 0 Å². The van der Waals surface area contributed by atoms with Crippen LogP contribution in [0.2, 0.25) is 0 Å². The highest BCUT2D eigenvalue weighted by atomic mass is 19.1. The maximum Gasteiger partial charge on any atom is 0.271 e. The number of piperazine rings is 1. The number of likely N-dealkylation sites (N-methyl/N-ethyl adjacent to an activating group) is 2. The molecule has 154 valence electrons. The fraction of sp³-hybridized carbons (Fsp3) is 0.292. The molecule has 1 fully saturated rings. The van der Waals surface area contributed by atoms with Crippen LogP contribution in [0, 0.1) is 24.1 Å². The lowest BCUT2D eigenvalue weighted by atomic mass is 9.82. The molecule has 1 atom stereocenters. The first-order valence-electron chi connectivity index (χ1n) is 9.77. The minimum Gasteiger partial charge on any atom is -0.325 e. The Morgan fingerprint density at radius 2 is 1.80 bits per heavy atom. The van der Waals surface area contributed by atoms with Gasteiger partial charge in [0.25, 0.3) is 11.8 Å². The monoisotopic (exact) mass is 405 g/mol. The second kappa shape index (κ2) is 8.11. The summed E-state index contributed by atoms with van der Waals surface area (Å²) in [7, 11) is 3.20. The van der Waals surface area contributed by atoms with E-state index >= 15 is 0 Å². The van der Waals surface area contributed by atoms with Crippen molar-refractivity contribution in [1.29, 1.82) is 5.26 Å². The molecule has 0 radical (unpaired) electrons. The van der Waals surface area contributed by atoms with E-state index in [1.807, 2.05) is 19.9 Å². The highest BCUT2D eigenvalue weighted by molar-refractivity contribution is 6.09. The van der Waals surface area contributed by atoms with Gasteiger partial charge in [0.05, 0.1) is 11.6 Å². The second-order valence-electron chi connectivity index (χ2n) is 7.59. The third-order valence-electron chi connectivity index (χ3n) is 5.95. The zero-order valence-corrected chi connectivity index (χ0v) is 17.6. The predicted octanol–water partition coefficient (Wildman–Crippen LogP) is 3.67. The van der Waals surface area contributed by atoms with Crippen LogP contribution in [0.3, 0.4) is 0 Å². The molecule has 1 saturated heterocycles. The Bertz CT molecular complexity index is 1070. The van der Waals surface area contributed by atoms with Crippen molar-refractivity contribution in [3.8, 4) is 6.07 Å². The average molecular weight is 405 g/mol. The quantitative estimate of drug-likeness (QED) is 0.729. The van der Waals surface area contributed by atoms with Gasteiger partial charge in [-0.25, -0.2) is 4.39 Å². The number of hydrogen-bond donors (Lipinski definition) is 0. The number of aryl methyl sites for hydroxylation is 1. The van der Waals surface area contributed by atoms with E-state index in [1.54, 1.807) is 44.4 Å². The number of carbonyl (C=O) groups excluding carboxylic acids is 2. The van der Waals surface area contributed by atoms with Crippen molar-refractivity contribution in [2.75, 3.05) is 14.1 Å². The third kappa shape index (κ3) is 3.48. The molecule has 1 aliphatic rings. The van der Waals surface area contributed by atoms with Crippen molar-refractivity contribution < 1.29 is 14.0 Å². The Hall–Kier alpha value is -3.46. The number of nitrogens with zero attached hydrogens (tertiary/aromatic N) is 3. The number of hydrogen-bond acceptors (Lipinski definition) is 3.